The number of fused-ring (bicyclic) bond motifs is 1. The zero-order chi connectivity index (χ0) is 14.4. The number of anilines is 1. The van der Waals surface area contributed by atoms with Crippen LogP contribution in [0, 0.1) is 10.1 Å². The van der Waals surface area contributed by atoms with Gasteiger partial charge in [-0.05, 0) is 12.5 Å². The Bertz CT molecular complexity index is 601. The topological polar surface area (TPSA) is 77.3 Å². The van der Waals surface area contributed by atoms with E-state index in [2.05, 4.69) is 17.2 Å². The number of hydrogen-bond acceptors (Lipinski definition) is 5. The molecular formula is C14H17N3O3. The average Bonchev–Trinajstić information content (AvgIpc) is 2.46. The summed E-state index contributed by atoms with van der Waals surface area (Å²) in [6.45, 7) is 2.97. The SMILES string of the molecule is CCCCOCNc1c([N+](=O)[O-])cnc2ccccc12. The zero-order valence-corrected chi connectivity index (χ0v) is 11.3. The van der Waals surface area contributed by atoms with Gasteiger partial charge in [-0.3, -0.25) is 10.1 Å². The summed E-state index contributed by atoms with van der Waals surface area (Å²) in [7, 11) is 0. The zero-order valence-electron chi connectivity index (χ0n) is 11.3. The van der Waals surface area contributed by atoms with Gasteiger partial charge in [0.05, 0.1) is 10.4 Å². The van der Waals surface area contributed by atoms with Gasteiger partial charge in [0.25, 0.3) is 0 Å². The van der Waals surface area contributed by atoms with Crippen LogP contribution in [0.4, 0.5) is 11.4 Å². The minimum Gasteiger partial charge on any atom is -0.361 e. The number of benzene rings is 1. The van der Waals surface area contributed by atoms with Crippen LogP contribution in [-0.4, -0.2) is 23.2 Å². The van der Waals surface area contributed by atoms with Crippen LogP contribution in [0.2, 0.25) is 0 Å². The van der Waals surface area contributed by atoms with E-state index >= 15 is 0 Å². The standard InChI is InChI=1S/C14H17N3O3/c1-2-3-8-20-10-16-14-11-6-4-5-7-12(11)15-9-13(14)17(18)19/h4-7,9H,2-3,8,10H2,1H3,(H,15,16). The van der Waals surface area contributed by atoms with Crippen molar-refractivity contribution >= 4 is 22.3 Å². The smallest absolute Gasteiger partial charge is 0.311 e. The monoisotopic (exact) mass is 275 g/mol. The maximum Gasteiger partial charge on any atom is 0.311 e. The minimum absolute atomic E-state index is 0.0391. The van der Waals surface area contributed by atoms with Crippen LogP contribution in [0.25, 0.3) is 10.9 Å². The molecule has 2 aromatic rings. The van der Waals surface area contributed by atoms with E-state index in [0.717, 1.165) is 18.2 Å². The third kappa shape index (κ3) is 3.21. The highest BCUT2D eigenvalue weighted by molar-refractivity contribution is 5.95. The van der Waals surface area contributed by atoms with Crippen molar-refractivity contribution in [1.29, 1.82) is 0 Å². The van der Waals surface area contributed by atoms with Crippen LogP contribution in [0.1, 0.15) is 19.8 Å². The normalized spacial score (nSPS) is 10.7. The van der Waals surface area contributed by atoms with Crippen LogP contribution in [0.3, 0.4) is 0 Å². The fourth-order valence-corrected chi connectivity index (χ4v) is 1.90. The van der Waals surface area contributed by atoms with Gasteiger partial charge in [0.1, 0.15) is 18.6 Å². The highest BCUT2D eigenvalue weighted by Crippen LogP contribution is 2.31. The van der Waals surface area contributed by atoms with E-state index in [9.17, 15) is 10.1 Å². The quantitative estimate of drug-likeness (QED) is 0.363. The van der Waals surface area contributed by atoms with Crippen molar-refractivity contribution in [3.63, 3.8) is 0 Å². The van der Waals surface area contributed by atoms with Crippen molar-refractivity contribution in [2.75, 3.05) is 18.7 Å². The number of nitrogens with one attached hydrogen (secondary N) is 1. The molecule has 0 amide bonds. The Morgan fingerprint density at radius 3 is 2.95 bits per heavy atom. The second-order valence-corrected chi connectivity index (χ2v) is 4.38. The number of hydrogen-bond donors (Lipinski definition) is 1. The highest BCUT2D eigenvalue weighted by atomic mass is 16.6. The van der Waals surface area contributed by atoms with Crippen molar-refractivity contribution in [2.45, 2.75) is 19.8 Å². The van der Waals surface area contributed by atoms with Gasteiger partial charge in [-0.15, -0.1) is 0 Å². The number of nitrogens with zero attached hydrogens (tertiary/aromatic N) is 2. The Labute approximate surface area is 116 Å². The first-order chi connectivity index (χ1) is 9.74. The number of ether oxygens (including phenoxy) is 1. The summed E-state index contributed by atoms with van der Waals surface area (Å²) >= 11 is 0. The predicted molar refractivity (Wildman–Crippen MR) is 77.7 cm³/mol. The summed E-state index contributed by atoms with van der Waals surface area (Å²) in [6, 6.07) is 7.31. The van der Waals surface area contributed by atoms with Crippen LogP contribution in [0.5, 0.6) is 0 Å². The highest BCUT2D eigenvalue weighted by Gasteiger charge is 2.17. The molecule has 0 unspecified atom stereocenters. The summed E-state index contributed by atoms with van der Waals surface area (Å²) in [6.07, 6.45) is 3.30. The van der Waals surface area contributed by atoms with Gasteiger partial charge >= 0.3 is 5.69 Å². The molecule has 1 heterocycles. The van der Waals surface area contributed by atoms with Gasteiger partial charge in [-0.1, -0.05) is 31.5 Å². The Morgan fingerprint density at radius 2 is 2.20 bits per heavy atom. The van der Waals surface area contributed by atoms with E-state index in [1.807, 2.05) is 24.3 Å². The molecule has 0 atom stereocenters. The number of nitro groups is 1. The maximum atomic E-state index is 11.1. The third-order valence-corrected chi connectivity index (χ3v) is 2.95. The van der Waals surface area contributed by atoms with Gasteiger partial charge in [-0.2, -0.15) is 0 Å². The Morgan fingerprint density at radius 1 is 1.40 bits per heavy atom. The van der Waals surface area contributed by atoms with Crippen LogP contribution >= 0.6 is 0 Å². The van der Waals surface area contributed by atoms with Crippen molar-refractivity contribution in [2.24, 2.45) is 0 Å². The Balaban J connectivity index is 2.23. The number of unbranched alkanes of at least 4 members (excludes halogenated alkanes) is 1. The molecule has 0 aliphatic rings. The molecule has 0 saturated heterocycles. The summed E-state index contributed by atoms with van der Waals surface area (Å²) in [5.74, 6) is 0. The lowest BCUT2D eigenvalue weighted by Gasteiger charge is -2.10. The molecule has 1 aromatic carbocycles. The molecule has 0 radical (unpaired) electrons. The van der Waals surface area contributed by atoms with Gasteiger partial charge in [0, 0.05) is 12.0 Å². The van der Waals surface area contributed by atoms with Gasteiger partial charge < -0.3 is 10.1 Å². The number of para-hydroxylation sites is 1. The van der Waals surface area contributed by atoms with E-state index in [-0.39, 0.29) is 12.4 Å². The molecule has 0 aliphatic carbocycles. The molecule has 0 saturated carbocycles. The molecule has 2 rings (SSSR count). The summed E-state index contributed by atoms with van der Waals surface area (Å²) in [5.41, 5.74) is 1.13. The average molecular weight is 275 g/mol. The molecular weight excluding hydrogens is 258 g/mol. The molecule has 0 fully saturated rings. The van der Waals surface area contributed by atoms with E-state index in [1.165, 1.54) is 6.20 Å². The first kappa shape index (κ1) is 14.2. The fraction of sp³-hybridized carbons (Fsp3) is 0.357. The molecule has 0 aliphatic heterocycles. The maximum absolute atomic E-state index is 11.1. The van der Waals surface area contributed by atoms with E-state index in [1.54, 1.807) is 0 Å². The van der Waals surface area contributed by atoms with Crippen LogP contribution < -0.4 is 5.32 Å². The molecule has 6 heteroatoms. The second kappa shape index (κ2) is 6.81. The molecule has 0 spiro atoms. The molecule has 6 nitrogen and oxygen atoms in total. The molecule has 0 bridgehead atoms. The first-order valence-corrected chi connectivity index (χ1v) is 6.57. The summed E-state index contributed by atoms with van der Waals surface area (Å²) in [5, 5.41) is 14.8. The fourth-order valence-electron chi connectivity index (χ4n) is 1.90. The number of aromatic nitrogens is 1. The van der Waals surface area contributed by atoms with E-state index in [0.29, 0.717) is 17.8 Å². The lowest BCUT2D eigenvalue weighted by molar-refractivity contribution is -0.384. The van der Waals surface area contributed by atoms with Gasteiger partial charge in [0.2, 0.25) is 0 Å². The Kier molecular flexibility index (Phi) is 4.84. The van der Waals surface area contributed by atoms with Gasteiger partial charge in [0.15, 0.2) is 0 Å². The summed E-state index contributed by atoms with van der Waals surface area (Å²) < 4.78 is 5.41. The molecule has 1 N–H and O–H groups in total. The van der Waals surface area contributed by atoms with Crippen molar-refractivity contribution < 1.29 is 9.66 Å². The summed E-state index contributed by atoms with van der Waals surface area (Å²) in [4.78, 5) is 14.7. The van der Waals surface area contributed by atoms with Crippen molar-refractivity contribution in [3.05, 3.63) is 40.6 Å². The van der Waals surface area contributed by atoms with Crippen molar-refractivity contribution in [1.82, 2.24) is 4.98 Å². The van der Waals surface area contributed by atoms with E-state index in [4.69, 9.17) is 4.74 Å². The molecule has 20 heavy (non-hydrogen) atoms. The minimum atomic E-state index is -0.437. The largest absolute Gasteiger partial charge is 0.361 e. The third-order valence-electron chi connectivity index (χ3n) is 2.95. The number of pyridine rings is 1. The Hall–Kier alpha value is -2.21. The second-order valence-electron chi connectivity index (χ2n) is 4.38. The first-order valence-electron chi connectivity index (χ1n) is 6.57. The lowest BCUT2D eigenvalue weighted by Crippen LogP contribution is -2.09. The van der Waals surface area contributed by atoms with E-state index < -0.39 is 4.92 Å². The molecule has 106 valence electrons. The lowest BCUT2D eigenvalue weighted by atomic mass is 10.1. The number of rotatable bonds is 7. The molecule has 1 aromatic heterocycles. The predicted octanol–water partition coefficient (Wildman–Crippen LogP) is 3.33. The van der Waals surface area contributed by atoms with Crippen LogP contribution in [0.15, 0.2) is 30.5 Å². The van der Waals surface area contributed by atoms with Crippen molar-refractivity contribution in [3.8, 4) is 0 Å². The van der Waals surface area contributed by atoms with Gasteiger partial charge in [-0.25, -0.2) is 4.98 Å². The van der Waals surface area contributed by atoms with Crippen LogP contribution in [-0.2, 0) is 4.74 Å².